The highest BCUT2D eigenvalue weighted by molar-refractivity contribution is 6.04. The van der Waals surface area contributed by atoms with E-state index < -0.39 is 0 Å². The number of hydrogen-bond donors (Lipinski definition) is 3. The number of aromatic nitrogens is 4. The zero-order chi connectivity index (χ0) is 23.2. The van der Waals surface area contributed by atoms with Gasteiger partial charge in [0.25, 0.3) is 5.91 Å². The lowest BCUT2D eigenvalue weighted by atomic mass is 10.1. The Morgan fingerprint density at radius 3 is 2.76 bits per heavy atom. The molecule has 1 aliphatic heterocycles. The summed E-state index contributed by atoms with van der Waals surface area (Å²) in [5, 5.41) is 6.30. The molecule has 9 heteroatoms. The van der Waals surface area contributed by atoms with Gasteiger partial charge in [-0.05, 0) is 37.0 Å². The SMILES string of the molecule is C=CC(=O)N1CCC(Nc2cnc3[nH]cc(C(=O)NCc4ccc(CCC)cn4)c3n2)CC1. The Morgan fingerprint density at radius 2 is 2.06 bits per heavy atom. The van der Waals surface area contributed by atoms with E-state index in [0.29, 0.717) is 42.2 Å². The third-order valence-corrected chi connectivity index (χ3v) is 5.81. The highest BCUT2D eigenvalue weighted by Crippen LogP contribution is 2.19. The van der Waals surface area contributed by atoms with Gasteiger partial charge in [-0.15, -0.1) is 0 Å². The van der Waals surface area contributed by atoms with Gasteiger partial charge in [-0.2, -0.15) is 0 Å². The predicted molar refractivity (Wildman–Crippen MR) is 127 cm³/mol. The van der Waals surface area contributed by atoms with Crippen LogP contribution in [0.2, 0.25) is 0 Å². The van der Waals surface area contributed by atoms with Crippen molar-refractivity contribution in [2.24, 2.45) is 0 Å². The highest BCUT2D eigenvalue weighted by atomic mass is 16.2. The van der Waals surface area contributed by atoms with Gasteiger partial charge in [0.2, 0.25) is 5.91 Å². The molecule has 0 radical (unpaired) electrons. The number of nitrogens with zero attached hydrogens (tertiary/aromatic N) is 4. The minimum atomic E-state index is -0.233. The van der Waals surface area contributed by atoms with Crippen molar-refractivity contribution < 1.29 is 9.59 Å². The summed E-state index contributed by atoms with van der Waals surface area (Å²) < 4.78 is 0. The van der Waals surface area contributed by atoms with Crippen molar-refractivity contribution in [3.8, 4) is 0 Å². The van der Waals surface area contributed by atoms with E-state index in [1.165, 1.54) is 11.6 Å². The van der Waals surface area contributed by atoms with Crippen molar-refractivity contribution in [3.05, 3.63) is 60.2 Å². The average molecular weight is 448 g/mol. The zero-order valence-electron chi connectivity index (χ0n) is 18.8. The monoisotopic (exact) mass is 447 g/mol. The molecular formula is C24H29N7O2. The van der Waals surface area contributed by atoms with Crippen LogP contribution >= 0.6 is 0 Å². The normalized spacial score (nSPS) is 14.3. The van der Waals surface area contributed by atoms with E-state index >= 15 is 0 Å². The first-order valence-corrected chi connectivity index (χ1v) is 11.3. The smallest absolute Gasteiger partial charge is 0.255 e. The lowest BCUT2D eigenvalue weighted by Gasteiger charge is -2.31. The Morgan fingerprint density at radius 1 is 1.24 bits per heavy atom. The molecule has 0 bridgehead atoms. The summed E-state index contributed by atoms with van der Waals surface area (Å²) in [6, 6.07) is 4.17. The summed E-state index contributed by atoms with van der Waals surface area (Å²) in [6.07, 6.45) is 10.2. The van der Waals surface area contributed by atoms with E-state index in [0.717, 1.165) is 31.4 Å². The number of rotatable bonds is 8. The Labute approximate surface area is 192 Å². The Bertz CT molecular complexity index is 1130. The standard InChI is InChI=1S/C24H29N7O2/c1-3-5-16-6-7-18(25-12-16)13-28-24(33)19-14-26-23-22(19)30-20(15-27-23)29-17-8-10-31(11-9-17)21(32)4-2/h4,6-7,12,14-15,17H,2-3,5,8-11,13H2,1H3,(H,26,27)(H,28,33)(H,29,30). The van der Waals surface area contributed by atoms with Crippen LogP contribution in [0, 0.1) is 0 Å². The highest BCUT2D eigenvalue weighted by Gasteiger charge is 2.22. The van der Waals surface area contributed by atoms with Gasteiger partial charge in [0.05, 0.1) is 24.0 Å². The molecule has 4 heterocycles. The first-order chi connectivity index (χ1) is 16.1. The van der Waals surface area contributed by atoms with Gasteiger partial charge in [-0.1, -0.05) is 26.0 Å². The van der Waals surface area contributed by atoms with Crippen LogP contribution in [0.3, 0.4) is 0 Å². The molecule has 1 fully saturated rings. The molecule has 0 unspecified atom stereocenters. The van der Waals surface area contributed by atoms with Gasteiger partial charge in [-0.3, -0.25) is 14.6 Å². The van der Waals surface area contributed by atoms with Crippen LogP contribution in [0.25, 0.3) is 11.2 Å². The maximum Gasteiger partial charge on any atom is 0.255 e. The first-order valence-electron chi connectivity index (χ1n) is 11.3. The number of carbonyl (C=O) groups is 2. The predicted octanol–water partition coefficient (Wildman–Crippen LogP) is 2.82. The lowest BCUT2D eigenvalue weighted by molar-refractivity contribution is -0.126. The van der Waals surface area contributed by atoms with Crippen LogP contribution in [-0.4, -0.2) is 55.8 Å². The average Bonchev–Trinajstić information content (AvgIpc) is 3.27. The molecule has 3 aromatic rings. The van der Waals surface area contributed by atoms with Gasteiger partial charge in [0, 0.05) is 31.5 Å². The molecule has 3 aromatic heterocycles. The zero-order valence-corrected chi connectivity index (χ0v) is 18.8. The van der Waals surface area contributed by atoms with Crippen molar-refractivity contribution in [2.45, 2.75) is 45.2 Å². The number of pyridine rings is 1. The first kappa shape index (κ1) is 22.4. The fraction of sp³-hybridized carbons (Fsp3) is 0.375. The van der Waals surface area contributed by atoms with Crippen molar-refractivity contribution in [1.29, 1.82) is 0 Å². The van der Waals surface area contributed by atoms with Crippen molar-refractivity contribution >= 4 is 28.8 Å². The van der Waals surface area contributed by atoms with E-state index in [-0.39, 0.29) is 17.9 Å². The van der Waals surface area contributed by atoms with E-state index in [9.17, 15) is 9.59 Å². The molecule has 0 aliphatic carbocycles. The van der Waals surface area contributed by atoms with E-state index in [1.54, 1.807) is 17.3 Å². The number of carbonyl (C=O) groups excluding carboxylic acids is 2. The minimum absolute atomic E-state index is 0.0373. The molecule has 0 spiro atoms. The maximum atomic E-state index is 12.8. The van der Waals surface area contributed by atoms with E-state index in [2.05, 4.69) is 44.1 Å². The Hall–Kier alpha value is -3.75. The van der Waals surface area contributed by atoms with Crippen LogP contribution in [0.5, 0.6) is 0 Å². The molecule has 1 aliphatic rings. The summed E-state index contributed by atoms with van der Waals surface area (Å²) in [5.74, 6) is 0.339. The molecule has 0 atom stereocenters. The second-order valence-corrected chi connectivity index (χ2v) is 8.19. The molecular weight excluding hydrogens is 418 g/mol. The van der Waals surface area contributed by atoms with Crippen molar-refractivity contribution in [2.75, 3.05) is 18.4 Å². The number of fused-ring (bicyclic) bond motifs is 1. The van der Waals surface area contributed by atoms with Crippen LogP contribution in [0.4, 0.5) is 5.82 Å². The quantitative estimate of drug-likeness (QED) is 0.457. The number of nitrogens with one attached hydrogen (secondary N) is 3. The third kappa shape index (κ3) is 5.36. The number of anilines is 1. The van der Waals surface area contributed by atoms with Crippen LogP contribution < -0.4 is 10.6 Å². The van der Waals surface area contributed by atoms with Crippen molar-refractivity contribution in [1.82, 2.24) is 30.2 Å². The number of aromatic amines is 1. The largest absolute Gasteiger partial charge is 0.366 e. The second kappa shape index (κ2) is 10.2. The fourth-order valence-electron chi connectivity index (χ4n) is 3.98. The Kier molecular flexibility index (Phi) is 6.97. The van der Waals surface area contributed by atoms with Gasteiger partial charge in [0.1, 0.15) is 11.3 Å². The number of hydrogen-bond acceptors (Lipinski definition) is 6. The number of likely N-dealkylation sites (tertiary alicyclic amines) is 1. The number of piperidine rings is 1. The molecule has 2 amide bonds. The lowest BCUT2D eigenvalue weighted by Crippen LogP contribution is -2.41. The van der Waals surface area contributed by atoms with Gasteiger partial charge >= 0.3 is 0 Å². The fourth-order valence-corrected chi connectivity index (χ4v) is 3.98. The molecule has 33 heavy (non-hydrogen) atoms. The van der Waals surface area contributed by atoms with Crippen LogP contribution in [-0.2, 0) is 17.8 Å². The molecule has 4 rings (SSSR count). The van der Waals surface area contributed by atoms with E-state index in [4.69, 9.17) is 0 Å². The number of aryl methyl sites for hydroxylation is 1. The molecule has 3 N–H and O–H groups in total. The van der Waals surface area contributed by atoms with Crippen LogP contribution in [0.1, 0.15) is 47.8 Å². The maximum absolute atomic E-state index is 12.8. The van der Waals surface area contributed by atoms with Crippen molar-refractivity contribution in [3.63, 3.8) is 0 Å². The third-order valence-electron chi connectivity index (χ3n) is 5.81. The number of amides is 2. The summed E-state index contributed by atoms with van der Waals surface area (Å²) >= 11 is 0. The number of H-pyrrole nitrogens is 1. The summed E-state index contributed by atoms with van der Waals surface area (Å²) in [7, 11) is 0. The summed E-state index contributed by atoms with van der Waals surface area (Å²) in [5.41, 5.74) is 3.51. The molecule has 0 saturated carbocycles. The molecule has 9 nitrogen and oxygen atoms in total. The Balaban J connectivity index is 1.38. The van der Waals surface area contributed by atoms with Gasteiger partial charge < -0.3 is 20.5 Å². The van der Waals surface area contributed by atoms with E-state index in [1.807, 2.05) is 18.3 Å². The molecule has 172 valence electrons. The van der Waals surface area contributed by atoms with Gasteiger partial charge in [0.15, 0.2) is 5.65 Å². The van der Waals surface area contributed by atoms with Crippen LogP contribution in [0.15, 0.2) is 43.4 Å². The molecule has 0 aromatic carbocycles. The topological polar surface area (TPSA) is 116 Å². The minimum Gasteiger partial charge on any atom is -0.366 e. The summed E-state index contributed by atoms with van der Waals surface area (Å²) in [4.78, 5) is 42.8. The second-order valence-electron chi connectivity index (χ2n) is 8.19. The summed E-state index contributed by atoms with van der Waals surface area (Å²) in [6.45, 7) is 7.36. The van der Waals surface area contributed by atoms with Gasteiger partial charge in [-0.25, -0.2) is 9.97 Å². The molecule has 1 saturated heterocycles.